The van der Waals surface area contributed by atoms with Crippen LogP contribution in [0.5, 0.6) is 0 Å². The van der Waals surface area contributed by atoms with Crippen molar-refractivity contribution in [2.24, 2.45) is 5.73 Å². The van der Waals surface area contributed by atoms with E-state index in [-0.39, 0.29) is 5.97 Å². The van der Waals surface area contributed by atoms with Gasteiger partial charge < -0.3 is 10.5 Å². The van der Waals surface area contributed by atoms with Gasteiger partial charge in [0.15, 0.2) is 0 Å². The van der Waals surface area contributed by atoms with Crippen LogP contribution in [0.2, 0.25) is 0 Å². The normalized spacial score (nSPS) is 16.9. The molecule has 1 heterocycles. The number of hydrogen-bond donors (Lipinski definition) is 1. The second-order valence-electron chi connectivity index (χ2n) is 4.15. The second-order valence-corrected chi connectivity index (χ2v) is 4.15. The lowest BCUT2D eigenvalue weighted by Crippen LogP contribution is -2.54. The monoisotopic (exact) mass is 220 g/mol. The van der Waals surface area contributed by atoms with Crippen molar-refractivity contribution in [2.45, 2.75) is 12.6 Å². The second kappa shape index (κ2) is 4.63. The Morgan fingerprint density at radius 2 is 2.31 bits per heavy atom. The van der Waals surface area contributed by atoms with Crippen molar-refractivity contribution in [2.75, 3.05) is 20.2 Å². The van der Waals surface area contributed by atoms with E-state index in [4.69, 9.17) is 5.73 Å². The van der Waals surface area contributed by atoms with Crippen molar-refractivity contribution >= 4 is 5.97 Å². The molecule has 0 aliphatic carbocycles. The fourth-order valence-corrected chi connectivity index (χ4v) is 1.91. The average molecular weight is 220 g/mol. The van der Waals surface area contributed by atoms with Gasteiger partial charge in [-0.3, -0.25) is 4.90 Å². The van der Waals surface area contributed by atoms with Crippen LogP contribution in [0.15, 0.2) is 24.3 Å². The van der Waals surface area contributed by atoms with Crippen molar-refractivity contribution in [1.82, 2.24) is 4.90 Å². The van der Waals surface area contributed by atoms with Crippen LogP contribution >= 0.6 is 0 Å². The minimum atomic E-state index is -0.290. The summed E-state index contributed by atoms with van der Waals surface area (Å²) in [6.07, 6.45) is 0. The van der Waals surface area contributed by atoms with Gasteiger partial charge >= 0.3 is 5.97 Å². The predicted molar refractivity (Wildman–Crippen MR) is 61.0 cm³/mol. The van der Waals surface area contributed by atoms with E-state index in [1.54, 1.807) is 6.07 Å². The Morgan fingerprint density at radius 3 is 2.94 bits per heavy atom. The Hall–Kier alpha value is -1.39. The Labute approximate surface area is 95.0 Å². The van der Waals surface area contributed by atoms with Crippen LogP contribution in [0.1, 0.15) is 15.9 Å². The maximum Gasteiger partial charge on any atom is 0.337 e. The summed E-state index contributed by atoms with van der Waals surface area (Å²) in [6, 6.07) is 7.83. The molecule has 0 bridgehead atoms. The molecular weight excluding hydrogens is 204 g/mol. The highest BCUT2D eigenvalue weighted by Crippen LogP contribution is 2.13. The molecule has 1 fully saturated rings. The molecular formula is C12H16N2O2. The molecule has 1 aliphatic rings. The Balaban J connectivity index is 2.02. The maximum atomic E-state index is 11.3. The van der Waals surface area contributed by atoms with Gasteiger partial charge in [-0.05, 0) is 17.7 Å². The summed E-state index contributed by atoms with van der Waals surface area (Å²) in [5, 5.41) is 0. The van der Waals surface area contributed by atoms with Crippen LogP contribution in [0.4, 0.5) is 0 Å². The van der Waals surface area contributed by atoms with Gasteiger partial charge in [0.1, 0.15) is 0 Å². The van der Waals surface area contributed by atoms with Gasteiger partial charge in [-0.15, -0.1) is 0 Å². The molecule has 2 N–H and O–H groups in total. The molecule has 0 radical (unpaired) electrons. The summed E-state index contributed by atoms with van der Waals surface area (Å²) in [5.41, 5.74) is 7.43. The number of esters is 1. The van der Waals surface area contributed by atoms with E-state index in [9.17, 15) is 4.79 Å². The minimum Gasteiger partial charge on any atom is -0.465 e. The predicted octanol–water partition coefficient (Wildman–Crippen LogP) is 0.616. The number of rotatable bonds is 3. The first-order chi connectivity index (χ1) is 7.69. The smallest absolute Gasteiger partial charge is 0.337 e. The van der Waals surface area contributed by atoms with Crippen LogP contribution in [0.25, 0.3) is 0 Å². The summed E-state index contributed by atoms with van der Waals surface area (Å²) in [6.45, 7) is 2.71. The molecule has 4 heteroatoms. The van der Waals surface area contributed by atoms with Crippen LogP contribution in [-0.2, 0) is 11.3 Å². The van der Waals surface area contributed by atoms with Gasteiger partial charge in [0.2, 0.25) is 0 Å². The third-order valence-electron chi connectivity index (χ3n) is 2.74. The van der Waals surface area contributed by atoms with Crippen molar-refractivity contribution in [3.8, 4) is 0 Å². The Bertz CT molecular complexity index is 386. The first-order valence-corrected chi connectivity index (χ1v) is 5.34. The molecule has 4 nitrogen and oxygen atoms in total. The third-order valence-corrected chi connectivity index (χ3v) is 2.74. The molecule has 1 aliphatic heterocycles. The van der Waals surface area contributed by atoms with Crippen molar-refractivity contribution in [3.05, 3.63) is 35.4 Å². The lowest BCUT2D eigenvalue weighted by Gasteiger charge is -2.36. The summed E-state index contributed by atoms with van der Waals surface area (Å²) < 4.78 is 4.68. The van der Waals surface area contributed by atoms with Crippen LogP contribution < -0.4 is 5.73 Å². The fraction of sp³-hybridized carbons (Fsp3) is 0.417. The van der Waals surface area contributed by atoms with E-state index < -0.39 is 0 Å². The highest BCUT2D eigenvalue weighted by Gasteiger charge is 2.22. The molecule has 2 rings (SSSR count). The van der Waals surface area contributed by atoms with Gasteiger partial charge in [0.05, 0.1) is 12.7 Å². The number of likely N-dealkylation sites (tertiary alicyclic amines) is 1. The molecule has 1 saturated heterocycles. The lowest BCUT2D eigenvalue weighted by atomic mass is 10.1. The van der Waals surface area contributed by atoms with E-state index >= 15 is 0 Å². The first-order valence-electron chi connectivity index (χ1n) is 5.34. The number of carbonyl (C=O) groups is 1. The highest BCUT2D eigenvalue weighted by atomic mass is 16.5. The summed E-state index contributed by atoms with van der Waals surface area (Å²) in [5.74, 6) is -0.290. The molecule has 1 aromatic carbocycles. The Kier molecular flexibility index (Phi) is 3.22. The summed E-state index contributed by atoms with van der Waals surface area (Å²) >= 11 is 0. The molecule has 16 heavy (non-hydrogen) atoms. The van der Waals surface area contributed by atoms with Crippen LogP contribution in [0, 0.1) is 0 Å². The van der Waals surface area contributed by atoms with Crippen molar-refractivity contribution in [1.29, 1.82) is 0 Å². The Morgan fingerprint density at radius 1 is 1.56 bits per heavy atom. The molecule has 0 atom stereocenters. The summed E-state index contributed by atoms with van der Waals surface area (Å²) in [4.78, 5) is 13.6. The van der Waals surface area contributed by atoms with E-state index in [1.165, 1.54) is 7.11 Å². The van der Waals surface area contributed by atoms with E-state index in [1.807, 2.05) is 18.2 Å². The van der Waals surface area contributed by atoms with Gasteiger partial charge in [-0.1, -0.05) is 12.1 Å². The number of hydrogen-bond acceptors (Lipinski definition) is 4. The number of benzene rings is 1. The van der Waals surface area contributed by atoms with E-state index in [0.717, 1.165) is 25.2 Å². The van der Waals surface area contributed by atoms with Gasteiger partial charge in [-0.25, -0.2) is 4.79 Å². The van der Waals surface area contributed by atoms with Crippen LogP contribution in [-0.4, -0.2) is 37.1 Å². The minimum absolute atomic E-state index is 0.290. The third kappa shape index (κ3) is 2.40. The molecule has 0 spiro atoms. The van der Waals surface area contributed by atoms with Crippen molar-refractivity contribution < 1.29 is 9.53 Å². The zero-order valence-corrected chi connectivity index (χ0v) is 9.35. The standard InChI is InChI=1S/C12H16N2O2/c1-16-12(15)10-4-2-3-9(5-10)6-14-7-11(13)8-14/h2-5,11H,6-8,13H2,1H3. The van der Waals surface area contributed by atoms with E-state index in [2.05, 4.69) is 9.64 Å². The quantitative estimate of drug-likeness (QED) is 0.758. The number of nitrogens with two attached hydrogens (primary N) is 1. The SMILES string of the molecule is COC(=O)c1cccc(CN2CC(N)C2)c1. The largest absolute Gasteiger partial charge is 0.465 e. The molecule has 1 aromatic rings. The highest BCUT2D eigenvalue weighted by molar-refractivity contribution is 5.89. The van der Waals surface area contributed by atoms with Gasteiger partial charge in [0, 0.05) is 25.7 Å². The number of carbonyl (C=O) groups excluding carboxylic acids is 1. The fourth-order valence-electron chi connectivity index (χ4n) is 1.91. The van der Waals surface area contributed by atoms with Crippen LogP contribution in [0.3, 0.4) is 0 Å². The topological polar surface area (TPSA) is 55.6 Å². The molecule has 86 valence electrons. The first kappa shape index (κ1) is 11.1. The zero-order valence-electron chi connectivity index (χ0n) is 9.35. The number of ether oxygens (including phenoxy) is 1. The maximum absolute atomic E-state index is 11.3. The van der Waals surface area contributed by atoms with Gasteiger partial charge in [0.25, 0.3) is 0 Å². The number of methoxy groups -OCH3 is 1. The molecule has 0 aromatic heterocycles. The number of nitrogens with zero attached hydrogens (tertiary/aromatic N) is 1. The van der Waals surface area contributed by atoms with Gasteiger partial charge in [-0.2, -0.15) is 0 Å². The average Bonchev–Trinajstić information content (AvgIpc) is 2.26. The molecule has 0 unspecified atom stereocenters. The van der Waals surface area contributed by atoms with Crippen molar-refractivity contribution in [3.63, 3.8) is 0 Å². The summed E-state index contributed by atoms with van der Waals surface area (Å²) in [7, 11) is 1.39. The zero-order chi connectivity index (χ0) is 11.5. The van der Waals surface area contributed by atoms with E-state index in [0.29, 0.717) is 11.6 Å². The molecule has 0 amide bonds. The lowest BCUT2D eigenvalue weighted by molar-refractivity contribution is 0.0600. The molecule has 0 saturated carbocycles.